The van der Waals surface area contributed by atoms with Gasteiger partial charge in [-0.2, -0.15) is 0 Å². The Morgan fingerprint density at radius 2 is 1.90 bits per heavy atom. The standard InChI is InChI=1S/C19H19BrF2N2O4S/c20-14-3-1-13(2-4-14)18-12-24(9-10-28-18)19(25)7-8-23-29(26,27)15-5-6-16(21)17(22)11-15/h1-6,11,18,23H,7-10,12H2. The molecule has 3 rings (SSSR count). The van der Waals surface area contributed by atoms with Gasteiger partial charge in [-0.05, 0) is 35.9 Å². The Labute approximate surface area is 176 Å². The third-order valence-corrected chi connectivity index (χ3v) is 6.48. The zero-order chi connectivity index (χ0) is 21.0. The van der Waals surface area contributed by atoms with Crippen LogP contribution in [0, 0.1) is 11.6 Å². The number of benzene rings is 2. The summed E-state index contributed by atoms with van der Waals surface area (Å²) in [5.74, 6) is -2.61. The van der Waals surface area contributed by atoms with Gasteiger partial charge in [0, 0.05) is 24.0 Å². The molecule has 6 nitrogen and oxygen atoms in total. The van der Waals surface area contributed by atoms with Crippen LogP contribution in [0.25, 0.3) is 0 Å². The maximum Gasteiger partial charge on any atom is 0.240 e. The lowest BCUT2D eigenvalue weighted by atomic mass is 10.1. The number of morpholine rings is 1. The number of sulfonamides is 1. The molecule has 0 saturated carbocycles. The Morgan fingerprint density at radius 1 is 1.17 bits per heavy atom. The SMILES string of the molecule is O=C(CCNS(=O)(=O)c1ccc(F)c(F)c1)N1CCOC(c2ccc(Br)cc2)C1. The minimum atomic E-state index is -4.04. The normalized spacial score (nSPS) is 17.3. The molecular weight excluding hydrogens is 470 g/mol. The number of halogens is 3. The number of carbonyl (C=O) groups is 1. The van der Waals surface area contributed by atoms with E-state index in [0.717, 1.165) is 22.2 Å². The molecule has 1 atom stereocenters. The van der Waals surface area contributed by atoms with E-state index in [2.05, 4.69) is 20.7 Å². The molecule has 1 saturated heterocycles. The van der Waals surface area contributed by atoms with Gasteiger partial charge < -0.3 is 9.64 Å². The van der Waals surface area contributed by atoms with E-state index in [1.807, 2.05) is 24.3 Å². The van der Waals surface area contributed by atoms with Crippen molar-refractivity contribution in [2.75, 3.05) is 26.2 Å². The second kappa shape index (κ2) is 9.29. The maximum atomic E-state index is 13.3. The van der Waals surface area contributed by atoms with Gasteiger partial charge >= 0.3 is 0 Å². The van der Waals surface area contributed by atoms with Crippen molar-refractivity contribution in [1.82, 2.24) is 9.62 Å². The van der Waals surface area contributed by atoms with Crippen LogP contribution in [-0.2, 0) is 19.6 Å². The zero-order valence-electron chi connectivity index (χ0n) is 15.3. The monoisotopic (exact) mass is 488 g/mol. The van der Waals surface area contributed by atoms with Crippen LogP contribution in [0.1, 0.15) is 18.1 Å². The number of amides is 1. The smallest absolute Gasteiger partial charge is 0.240 e. The fourth-order valence-electron chi connectivity index (χ4n) is 2.93. The highest BCUT2D eigenvalue weighted by molar-refractivity contribution is 9.10. The number of rotatable bonds is 6. The first kappa shape index (κ1) is 21.8. The average Bonchev–Trinajstić information content (AvgIpc) is 2.70. The summed E-state index contributed by atoms with van der Waals surface area (Å²) >= 11 is 3.37. The van der Waals surface area contributed by atoms with Crippen molar-refractivity contribution in [2.45, 2.75) is 17.4 Å². The van der Waals surface area contributed by atoms with E-state index in [-0.39, 0.29) is 25.0 Å². The van der Waals surface area contributed by atoms with Crippen LogP contribution in [0.5, 0.6) is 0 Å². The van der Waals surface area contributed by atoms with Crippen molar-refractivity contribution >= 4 is 31.9 Å². The lowest BCUT2D eigenvalue weighted by molar-refractivity contribution is -0.138. The summed E-state index contributed by atoms with van der Waals surface area (Å²) in [5, 5.41) is 0. The highest BCUT2D eigenvalue weighted by atomic mass is 79.9. The van der Waals surface area contributed by atoms with Crippen molar-refractivity contribution in [3.8, 4) is 0 Å². The summed E-state index contributed by atoms with van der Waals surface area (Å²) in [4.78, 5) is 13.7. The van der Waals surface area contributed by atoms with Crippen LogP contribution in [0.15, 0.2) is 51.8 Å². The Kier molecular flexibility index (Phi) is 6.99. The van der Waals surface area contributed by atoms with E-state index in [4.69, 9.17) is 4.74 Å². The predicted molar refractivity (Wildman–Crippen MR) is 106 cm³/mol. The largest absolute Gasteiger partial charge is 0.370 e. The molecule has 1 amide bonds. The second-order valence-corrected chi connectivity index (χ2v) is 9.16. The fraction of sp³-hybridized carbons (Fsp3) is 0.316. The quantitative estimate of drug-likeness (QED) is 0.677. The Bertz CT molecular complexity index is 986. The first-order chi connectivity index (χ1) is 13.8. The highest BCUT2D eigenvalue weighted by Crippen LogP contribution is 2.24. The minimum absolute atomic E-state index is 0.0596. The second-order valence-electron chi connectivity index (χ2n) is 6.47. The Morgan fingerprint density at radius 3 is 2.59 bits per heavy atom. The molecule has 0 radical (unpaired) electrons. The van der Waals surface area contributed by atoms with E-state index in [1.165, 1.54) is 0 Å². The summed E-state index contributed by atoms with van der Waals surface area (Å²) in [6.07, 6.45) is -0.310. The van der Waals surface area contributed by atoms with Gasteiger partial charge in [-0.15, -0.1) is 0 Å². The van der Waals surface area contributed by atoms with Gasteiger partial charge in [-0.1, -0.05) is 28.1 Å². The summed E-state index contributed by atoms with van der Waals surface area (Å²) in [6.45, 7) is 1.02. The van der Waals surface area contributed by atoms with E-state index in [9.17, 15) is 22.0 Å². The first-order valence-corrected chi connectivity index (χ1v) is 11.1. The molecule has 0 spiro atoms. The molecular formula is C19H19BrF2N2O4S. The van der Waals surface area contributed by atoms with Gasteiger partial charge in [0.25, 0.3) is 0 Å². The number of hydrogen-bond donors (Lipinski definition) is 1. The van der Waals surface area contributed by atoms with Crippen molar-refractivity contribution < 1.29 is 26.7 Å². The lowest BCUT2D eigenvalue weighted by Gasteiger charge is -2.33. The molecule has 0 aromatic heterocycles. The number of nitrogens with zero attached hydrogens (tertiary/aromatic N) is 1. The van der Waals surface area contributed by atoms with Gasteiger partial charge in [-0.3, -0.25) is 4.79 Å². The average molecular weight is 489 g/mol. The van der Waals surface area contributed by atoms with E-state index < -0.39 is 26.6 Å². The van der Waals surface area contributed by atoms with Crippen LogP contribution in [0.2, 0.25) is 0 Å². The molecule has 1 heterocycles. The molecule has 0 bridgehead atoms. The fourth-order valence-corrected chi connectivity index (χ4v) is 4.24. The number of carbonyl (C=O) groups excluding carboxylic acids is 1. The van der Waals surface area contributed by atoms with Crippen molar-refractivity contribution in [3.05, 3.63) is 64.1 Å². The van der Waals surface area contributed by atoms with Gasteiger partial charge in [0.15, 0.2) is 11.6 Å². The van der Waals surface area contributed by atoms with E-state index in [0.29, 0.717) is 25.8 Å². The van der Waals surface area contributed by atoms with Gasteiger partial charge in [-0.25, -0.2) is 21.9 Å². The van der Waals surface area contributed by atoms with Crippen LogP contribution >= 0.6 is 15.9 Å². The van der Waals surface area contributed by atoms with E-state index >= 15 is 0 Å². The molecule has 0 aliphatic carbocycles. The summed E-state index contributed by atoms with van der Waals surface area (Å²) in [7, 11) is -4.04. The predicted octanol–water partition coefficient (Wildman–Crippen LogP) is 3.00. The number of hydrogen-bond acceptors (Lipinski definition) is 4. The summed E-state index contributed by atoms with van der Waals surface area (Å²) in [5.41, 5.74) is 0.949. The molecule has 1 N–H and O–H groups in total. The topological polar surface area (TPSA) is 75.7 Å². The third-order valence-electron chi connectivity index (χ3n) is 4.49. The van der Waals surface area contributed by atoms with E-state index in [1.54, 1.807) is 4.90 Å². The molecule has 1 unspecified atom stereocenters. The third kappa shape index (κ3) is 5.59. The van der Waals surface area contributed by atoms with Crippen molar-refractivity contribution in [1.29, 1.82) is 0 Å². The van der Waals surface area contributed by atoms with Gasteiger partial charge in [0.1, 0.15) is 6.10 Å². The number of nitrogens with one attached hydrogen (secondary N) is 1. The molecule has 156 valence electrons. The van der Waals surface area contributed by atoms with Crippen molar-refractivity contribution in [2.24, 2.45) is 0 Å². The zero-order valence-corrected chi connectivity index (χ0v) is 17.7. The Hall–Kier alpha value is -1.88. The van der Waals surface area contributed by atoms with Crippen LogP contribution in [-0.4, -0.2) is 45.5 Å². The van der Waals surface area contributed by atoms with Gasteiger partial charge in [0.05, 0.1) is 18.0 Å². The van der Waals surface area contributed by atoms with Crippen LogP contribution in [0.4, 0.5) is 8.78 Å². The first-order valence-electron chi connectivity index (χ1n) is 8.86. The van der Waals surface area contributed by atoms with Gasteiger partial charge in [0.2, 0.25) is 15.9 Å². The molecule has 29 heavy (non-hydrogen) atoms. The Balaban J connectivity index is 1.54. The molecule has 2 aromatic carbocycles. The molecule has 1 fully saturated rings. The molecule has 1 aliphatic rings. The molecule has 10 heteroatoms. The number of ether oxygens (including phenoxy) is 1. The van der Waals surface area contributed by atoms with Crippen LogP contribution < -0.4 is 4.72 Å². The molecule has 1 aliphatic heterocycles. The molecule has 2 aromatic rings. The van der Waals surface area contributed by atoms with Crippen molar-refractivity contribution in [3.63, 3.8) is 0 Å². The summed E-state index contributed by atoms with van der Waals surface area (Å²) < 4.78 is 59.5. The lowest BCUT2D eigenvalue weighted by Crippen LogP contribution is -2.43. The highest BCUT2D eigenvalue weighted by Gasteiger charge is 2.25. The maximum absolute atomic E-state index is 13.3. The minimum Gasteiger partial charge on any atom is -0.370 e. The van der Waals surface area contributed by atoms with Crippen LogP contribution in [0.3, 0.4) is 0 Å². The summed E-state index contributed by atoms with van der Waals surface area (Å²) in [6, 6.07) is 9.93.